The third-order valence-electron chi connectivity index (χ3n) is 4.72. The van der Waals surface area contributed by atoms with Crippen molar-refractivity contribution in [2.24, 2.45) is 7.05 Å². The number of rotatable bonds is 1. The van der Waals surface area contributed by atoms with E-state index in [-0.39, 0.29) is 6.54 Å². The van der Waals surface area contributed by atoms with Crippen LogP contribution >= 0.6 is 11.6 Å². The number of nitrogens with one attached hydrogen (secondary N) is 2. The molecule has 7 nitrogen and oxygen atoms in total. The van der Waals surface area contributed by atoms with Gasteiger partial charge in [0.15, 0.2) is 5.15 Å². The molecule has 0 saturated heterocycles. The summed E-state index contributed by atoms with van der Waals surface area (Å²) in [5.74, 6) is 0.258. The maximum Gasteiger partial charge on any atom is 0.329 e. The van der Waals surface area contributed by atoms with Gasteiger partial charge in [0.1, 0.15) is 5.82 Å². The molecule has 0 saturated carbocycles. The van der Waals surface area contributed by atoms with Gasteiger partial charge >= 0.3 is 6.03 Å². The van der Waals surface area contributed by atoms with Crippen molar-refractivity contribution in [2.45, 2.75) is 13.5 Å². The van der Waals surface area contributed by atoms with Crippen LogP contribution in [-0.2, 0) is 13.6 Å². The number of para-hydroxylation sites is 2. The van der Waals surface area contributed by atoms with E-state index in [9.17, 15) is 9.59 Å². The van der Waals surface area contributed by atoms with Crippen molar-refractivity contribution < 1.29 is 9.59 Å². The van der Waals surface area contributed by atoms with Crippen LogP contribution in [-0.4, -0.2) is 21.7 Å². The molecule has 0 radical (unpaired) electrons. The quantitative estimate of drug-likeness (QED) is 0.652. The van der Waals surface area contributed by atoms with Gasteiger partial charge in [0.05, 0.1) is 23.5 Å². The predicted molar refractivity (Wildman–Crippen MR) is 108 cm³/mol. The predicted octanol–water partition coefficient (Wildman–Crippen LogP) is 4.00. The number of halogens is 1. The van der Waals surface area contributed by atoms with E-state index in [2.05, 4.69) is 15.7 Å². The highest BCUT2D eigenvalue weighted by atomic mass is 35.5. The van der Waals surface area contributed by atoms with Crippen LogP contribution in [0.15, 0.2) is 48.5 Å². The van der Waals surface area contributed by atoms with E-state index in [1.165, 1.54) is 4.90 Å². The fourth-order valence-corrected chi connectivity index (χ4v) is 3.52. The number of aryl methyl sites for hydroxylation is 2. The van der Waals surface area contributed by atoms with Gasteiger partial charge in [0, 0.05) is 12.6 Å². The van der Waals surface area contributed by atoms with Crippen molar-refractivity contribution in [3.8, 4) is 0 Å². The van der Waals surface area contributed by atoms with Crippen LogP contribution in [0.25, 0.3) is 0 Å². The van der Waals surface area contributed by atoms with Gasteiger partial charge in [-0.15, -0.1) is 0 Å². The van der Waals surface area contributed by atoms with Crippen LogP contribution < -0.4 is 15.5 Å². The lowest BCUT2D eigenvalue weighted by Gasteiger charge is -2.22. The number of hydrogen-bond acceptors (Lipinski definition) is 4. The minimum atomic E-state index is -0.532. The maximum absolute atomic E-state index is 13.0. The fraction of sp³-hybridized carbons (Fsp3) is 0.150. The van der Waals surface area contributed by atoms with Gasteiger partial charge in [-0.3, -0.25) is 19.7 Å². The number of nitrogens with zero attached hydrogens (tertiary/aromatic N) is 3. The smallest absolute Gasteiger partial charge is 0.329 e. The zero-order valence-electron chi connectivity index (χ0n) is 15.4. The largest absolute Gasteiger partial charge is 0.338 e. The van der Waals surface area contributed by atoms with Gasteiger partial charge in [-0.25, -0.2) is 4.79 Å². The Morgan fingerprint density at radius 1 is 1.14 bits per heavy atom. The maximum atomic E-state index is 13.0. The Morgan fingerprint density at radius 3 is 2.64 bits per heavy atom. The van der Waals surface area contributed by atoms with Crippen LogP contribution in [0.1, 0.15) is 21.5 Å². The molecule has 0 aliphatic carbocycles. The van der Waals surface area contributed by atoms with Gasteiger partial charge in [0.2, 0.25) is 0 Å². The number of imide groups is 1. The Morgan fingerprint density at radius 2 is 1.86 bits per heavy atom. The van der Waals surface area contributed by atoms with Gasteiger partial charge < -0.3 is 5.32 Å². The number of carbonyl (C=O) groups is 2. The number of amides is 3. The number of anilines is 3. The van der Waals surface area contributed by atoms with Crippen LogP contribution in [0, 0.1) is 6.92 Å². The summed E-state index contributed by atoms with van der Waals surface area (Å²) in [6.45, 7) is 2.01. The van der Waals surface area contributed by atoms with E-state index in [4.69, 9.17) is 11.6 Å². The first-order valence-electron chi connectivity index (χ1n) is 8.71. The second kappa shape index (κ2) is 7.01. The lowest BCUT2D eigenvalue weighted by atomic mass is 10.1. The molecule has 2 heterocycles. The first-order valence-corrected chi connectivity index (χ1v) is 9.09. The summed E-state index contributed by atoms with van der Waals surface area (Å²) in [5, 5.41) is 10.3. The summed E-state index contributed by atoms with van der Waals surface area (Å²) < 4.78 is 1.63. The van der Waals surface area contributed by atoms with E-state index in [0.717, 1.165) is 11.3 Å². The van der Waals surface area contributed by atoms with Gasteiger partial charge in [-0.1, -0.05) is 41.9 Å². The molecule has 0 unspecified atom stereocenters. The summed E-state index contributed by atoms with van der Waals surface area (Å²) >= 11 is 6.27. The molecular formula is C20H18ClN5O2. The van der Waals surface area contributed by atoms with Crippen LogP contribution in [0.3, 0.4) is 0 Å². The molecule has 2 aromatic carbocycles. The zero-order valence-corrected chi connectivity index (χ0v) is 16.1. The Hall–Kier alpha value is -3.32. The van der Waals surface area contributed by atoms with Gasteiger partial charge in [-0.2, -0.15) is 5.10 Å². The minimum absolute atomic E-state index is 0.179. The van der Waals surface area contributed by atoms with E-state index < -0.39 is 11.9 Å². The van der Waals surface area contributed by atoms with E-state index in [1.54, 1.807) is 23.9 Å². The Kier molecular flexibility index (Phi) is 4.52. The molecule has 3 aromatic rings. The second-order valence-corrected chi connectivity index (χ2v) is 6.90. The zero-order chi connectivity index (χ0) is 19.8. The highest BCUT2D eigenvalue weighted by Gasteiger charge is 2.29. The van der Waals surface area contributed by atoms with Crippen LogP contribution in [0.5, 0.6) is 0 Å². The lowest BCUT2D eigenvalue weighted by Crippen LogP contribution is -2.42. The van der Waals surface area contributed by atoms with Crippen molar-refractivity contribution in [1.82, 2.24) is 15.1 Å². The average Bonchev–Trinajstić information content (AvgIpc) is 2.84. The second-order valence-electron chi connectivity index (χ2n) is 6.54. The number of aromatic nitrogens is 2. The Bertz CT molecular complexity index is 1090. The molecule has 1 aliphatic heterocycles. The summed E-state index contributed by atoms with van der Waals surface area (Å²) in [5.41, 5.74) is 3.30. The first-order chi connectivity index (χ1) is 13.5. The number of hydrogen-bond donors (Lipinski definition) is 2. The fourth-order valence-electron chi connectivity index (χ4n) is 3.26. The molecule has 8 heteroatoms. The Balaban J connectivity index is 1.69. The highest BCUT2D eigenvalue weighted by Crippen LogP contribution is 2.37. The van der Waals surface area contributed by atoms with Gasteiger partial charge in [-0.05, 0) is 30.7 Å². The summed E-state index contributed by atoms with van der Waals surface area (Å²) in [6.07, 6.45) is 0. The van der Waals surface area contributed by atoms with Crippen molar-refractivity contribution in [3.63, 3.8) is 0 Å². The standard InChI is InChI=1S/C20H18ClN5O2/c1-12-7-3-4-8-13(12)19(27)23-20(28)26-11-14-17(21)24-25(2)18(14)22-15-9-5-6-10-16(15)26/h3-10,22H,11H2,1-2H3,(H,23,27,28). The van der Waals surface area contributed by atoms with E-state index in [1.807, 2.05) is 43.3 Å². The molecule has 1 aliphatic rings. The van der Waals surface area contributed by atoms with Crippen molar-refractivity contribution >= 4 is 40.7 Å². The molecule has 0 atom stereocenters. The average molecular weight is 396 g/mol. The minimum Gasteiger partial charge on any atom is -0.338 e. The molecule has 142 valence electrons. The summed E-state index contributed by atoms with van der Waals surface area (Å²) in [7, 11) is 1.78. The molecule has 1 aromatic heterocycles. The monoisotopic (exact) mass is 395 g/mol. The highest BCUT2D eigenvalue weighted by molar-refractivity contribution is 6.30. The molecule has 28 heavy (non-hydrogen) atoms. The van der Waals surface area contributed by atoms with Crippen LogP contribution in [0.2, 0.25) is 5.15 Å². The van der Waals surface area contributed by atoms with Crippen LogP contribution in [0.4, 0.5) is 22.0 Å². The number of carbonyl (C=O) groups excluding carboxylic acids is 2. The third-order valence-corrected chi connectivity index (χ3v) is 5.02. The molecule has 3 amide bonds. The van der Waals surface area contributed by atoms with Gasteiger partial charge in [0.25, 0.3) is 5.91 Å². The van der Waals surface area contributed by atoms with Crippen molar-refractivity contribution in [1.29, 1.82) is 0 Å². The van der Waals surface area contributed by atoms with E-state index >= 15 is 0 Å². The SMILES string of the molecule is Cc1ccccc1C(=O)NC(=O)N1Cc2c(Cl)nn(C)c2Nc2ccccc21. The lowest BCUT2D eigenvalue weighted by molar-refractivity contribution is 0.0965. The van der Waals surface area contributed by atoms with Crippen molar-refractivity contribution in [2.75, 3.05) is 10.2 Å². The molecule has 0 spiro atoms. The Labute approximate surface area is 166 Å². The topological polar surface area (TPSA) is 79.3 Å². The number of benzene rings is 2. The molecule has 0 bridgehead atoms. The molecule has 4 rings (SSSR count). The third kappa shape index (κ3) is 3.10. The molecule has 0 fully saturated rings. The molecule has 2 N–H and O–H groups in total. The molecular weight excluding hydrogens is 378 g/mol. The number of fused-ring (bicyclic) bond motifs is 2. The number of urea groups is 1. The first kappa shape index (κ1) is 18.1. The van der Waals surface area contributed by atoms with E-state index in [0.29, 0.717) is 27.8 Å². The summed E-state index contributed by atoms with van der Waals surface area (Å²) in [6, 6.07) is 14.0. The normalized spacial score (nSPS) is 12.5. The van der Waals surface area contributed by atoms with Crippen molar-refractivity contribution in [3.05, 3.63) is 70.4 Å². The summed E-state index contributed by atoms with van der Waals surface area (Å²) in [4.78, 5) is 27.1.